The lowest BCUT2D eigenvalue weighted by atomic mass is 10.3. The quantitative estimate of drug-likeness (QED) is 0.522. The maximum Gasteiger partial charge on any atom is 0.133 e. The molecule has 1 unspecified atom stereocenters. The van der Waals surface area contributed by atoms with Crippen molar-refractivity contribution in [2.75, 3.05) is 0 Å². The van der Waals surface area contributed by atoms with E-state index in [2.05, 4.69) is 4.98 Å². The second kappa shape index (κ2) is 2.11. The summed E-state index contributed by atoms with van der Waals surface area (Å²) in [4.78, 5) is 2.70. The molecule has 0 bridgehead atoms. The van der Waals surface area contributed by atoms with Crippen LogP contribution in [0.15, 0.2) is 12.3 Å². The highest BCUT2D eigenvalue weighted by atomic mass is 16.3. The van der Waals surface area contributed by atoms with Crippen LogP contribution in [0.1, 0.15) is 18.7 Å². The Bertz CT molecular complexity index is 193. The second-order valence-electron chi connectivity index (χ2n) is 1.99. The molecule has 0 radical (unpaired) electrons. The van der Waals surface area contributed by atoms with Crippen molar-refractivity contribution in [2.24, 2.45) is 0 Å². The summed E-state index contributed by atoms with van der Waals surface area (Å²) in [5, 5.41) is 17.7. The van der Waals surface area contributed by atoms with Crippen LogP contribution in [-0.2, 0) is 0 Å². The Kier molecular flexibility index (Phi) is 1.44. The highest BCUT2D eigenvalue weighted by Gasteiger charge is 2.01. The van der Waals surface area contributed by atoms with Crippen LogP contribution in [0.25, 0.3) is 0 Å². The van der Waals surface area contributed by atoms with Gasteiger partial charge in [-0.15, -0.1) is 0 Å². The first-order valence-corrected chi connectivity index (χ1v) is 2.75. The Hall–Kier alpha value is -0.960. The number of aromatic nitrogens is 1. The fourth-order valence-corrected chi connectivity index (χ4v) is 0.641. The second-order valence-corrected chi connectivity index (χ2v) is 1.99. The van der Waals surface area contributed by atoms with Gasteiger partial charge in [-0.1, -0.05) is 0 Å². The fourth-order valence-electron chi connectivity index (χ4n) is 0.641. The van der Waals surface area contributed by atoms with Crippen LogP contribution in [-0.4, -0.2) is 15.2 Å². The molecule has 1 rings (SSSR count). The Labute approximate surface area is 53.0 Å². The third-order valence-corrected chi connectivity index (χ3v) is 1.14. The molecule has 9 heavy (non-hydrogen) atoms. The van der Waals surface area contributed by atoms with Gasteiger partial charge in [-0.25, -0.2) is 0 Å². The normalized spacial score (nSPS) is 13.6. The summed E-state index contributed by atoms with van der Waals surface area (Å²) in [6, 6.07) is 1.49. The smallest absolute Gasteiger partial charge is 0.133 e. The molecule has 1 aromatic heterocycles. The third-order valence-electron chi connectivity index (χ3n) is 1.14. The molecule has 0 aliphatic rings. The van der Waals surface area contributed by atoms with E-state index in [-0.39, 0.29) is 5.75 Å². The van der Waals surface area contributed by atoms with E-state index in [0.29, 0.717) is 5.69 Å². The monoisotopic (exact) mass is 127 g/mol. The van der Waals surface area contributed by atoms with Crippen LogP contribution in [0.5, 0.6) is 5.75 Å². The molecule has 0 aliphatic carbocycles. The van der Waals surface area contributed by atoms with Gasteiger partial charge >= 0.3 is 0 Å². The van der Waals surface area contributed by atoms with Crippen LogP contribution in [0.2, 0.25) is 0 Å². The largest absolute Gasteiger partial charge is 0.506 e. The molecule has 0 fully saturated rings. The molecule has 0 aliphatic heterocycles. The van der Waals surface area contributed by atoms with Crippen molar-refractivity contribution in [3.05, 3.63) is 18.0 Å². The zero-order chi connectivity index (χ0) is 6.85. The number of rotatable bonds is 1. The molecule has 1 heterocycles. The van der Waals surface area contributed by atoms with E-state index < -0.39 is 6.10 Å². The summed E-state index contributed by atoms with van der Waals surface area (Å²) in [6.45, 7) is 1.63. The van der Waals surface area contributed by atoms with Crippen molar-refractivity contribution in [2.45, 2.75) is 13.0 Å². The van der Waals surface area contributed by atoms with Crippen molar-refractivity contribution in [1.29, 1.82) is 0 Å². The molecule has 3 N–H and O–H groups in total. The minimum absolute atomic E-state index is 0.158. The zero-order valence-corrected chi connectivity index (χ0v) is 5.13. The summed E-state index contributed by atoms with van der Waals surface area (Å²) < 4.78 is 0. The van der Waals surface area contributed by atoms with E-state index in [1.54, 1.807) is 6.92 Å². The number of H-pyrrole nitrogens is 1. The Morgan fingerprint density at radius 3 is 2.56 bits per heavy atom. The first kappa shape index (κ1) is 6.16. The van der Waals surface area contributed by atoms with Crippen LogP contribution >= 0.6 is 0 Å². The van der Waals surface area contributed by atoms with E-state index in [1.807, 2.05) is 0 Å². The van der Waals surface area contributed by atoms with Gasteiger partial charge in [0.2, 0.25) is 0 Å². The lowest BCUT2D eigenvalue weighted by molar-refractivity contribution is 0.195. The van der Waals surface area contributed by atoms with E-state index in [1.165, 1.54) is 12.3 Å². The Balaban J connectivity index is 2.85. The van der Waals surface area contributed by atoms with Crippen molar-refractivity contribution in [1.82, 2.24) is 4.98 Å². The van der Waals surface area contributed by atoms with E-state index in [0.717, 1.165) is 0 Å². The molecular formula is C6H9NO2. The maximum absolute atomic E-state index is 8.89. The average Bonchev–Trinajstić information content (AvgIpc) is 2.14. The van der Waals surface area contributed by atoms with Crippen LogP contribution in [0.4, 0.5) is 0 Å². The maximum atomic E-state index is 8.89. The zero-order valence-electron chi connectivity index (χ0n) is 5.13. The lowest BCUT2D eigenvalue weighted by Gasteiger charge is -1.96. The minimum Gasteiger partial charge on any atom is -0.506 e. The predicted molar refractivity (Wildman–Crippen MR) is 33.1 cm³/mol. The molecule has 1 atom stereocenters. The number of aromatic hydroxyl groups is 1. The summed E-state index contributed by atoms with van der Waals surface area (Å²) in [5.74, 6) is 0.158. The fraction of sp³-hybridized carbons (Fsp3) is 0.333. The van der Waals surface area contributed by atoms with Gasteiger partial charge in [0.15, 0.2) is 0 Å². The van der Waals surface area contributed by atoms with Crippen LogP contribution < -0.4 is 0 Å². The molecule has 3 heteroatoms. The topological polar surface area (TPSA) is 56.2 Å². The number of aliphatic hydroxyl groups is 1. The van der Waals surface area contributed by atoms with Gasteiger partial charge in [0.25, 0.3) is 0 Å². The molecule has 3 nitrogen and oxygen atoms in total. The van der Waals surface area contributed by atoms with E-state index in [4.69, 9.17) is 10.2 Å². The molecule has 0 saturated carbocycles. The highest BCUT2D eigenvalue weighted by Crippen LogP contribution is 2.15. The molecule has 0 spiro atoms. The van der Waals surface area contributed by atoms with Gasteiger partial charge in [-0.05, 0) is 6.92 Å². The molecule has 0 amide bonds. The van der Waals surface area contributed by atoms with Crippen molar-refractivity contribution in [3.63, 3.8) is 0 Å². The Morgan fingerprint density at radius 1 is 1.67 bits per heavy atom. The molecular weight excluding hydrogens is 118 g/mol. The SMILES string of the molecule is CC(O)c1cc(O)c[nH]1. The summed E-state index contributed by atoms with van der Waals surface area (Å²) >= 11 is 0. The lowest BCUT2D eigenvalue weighted by Crippen LogP contribution is -1.88. The summed E-state index contributed by atoms with van der Waals surface area (Å²) in [6.07, 6.45) is 0.896. The number of aromatic amines is 1. The van der Waals surface area contributed by atoms with Crippen molar-refractivity contribution >= 4 is 0 Å². The number of hydrogen-bond acceptors (Lipinski definition) is 2. The van der Waals surface area contributed by atoms with Crippen LogP contribution in [0, 0.1) is 0 Å². The standard InChI is InChI=1S/C6H9NO2/c1-4(8)6-2-5(9)3-7-6/h2-4,7-9H,1H3. The average molecular weight is 127 g/mol. The third kappa shape index (κ3) is 1.23. The van der Waals surface area contributed by atoms with Gasteiger partial charge in [0, 0.05) is 18.0 Å². The van der Waals surface area contributed by atoms with Crippen molar-refractivity contribution in [3.8, 4) is 5.75 Å². The highest BCUT2D eigenvalue weighted by molar-refractivity contribution is 5.21. The first-order valence-electron chi connectivity index (χ1n) is 2.75. The molecule has 1 aromatic rings. The summed E-state index contributed by atoms with van der Waals surface area (Å²) in [7, 11) is 0. The number of nitrogens with one attached hydrogen (secondary N) is 1. The Morgan fingerprint density at radius 2 is 2.33 bits per heavy atom. The van der Waals surface area contributed by atoms with Gasteiger partial charge < -0.3 is 15.2 Å². The van der Waals surface area contributed by atoms with Crippen LogP contribution in [0.3, 0.4) is 0 Å². The van der Waals surface area contributed by atoms with E-state index in [9.17, 15) is 0 Å². The summed E-state index contributed by atoms with van der Waals surface area (Å²) in [5.41, 5.74) is 0.632. The minimum atomic E-state index is -0.536. The molecule has 50 valence electrons. The molecule has 0 aromatic carbocycles. The van der Waals surface area contributed by atoms with Crippen molar-refractivity contribution < 1.29 is 10.2 Å². The van der Waals surface area contributed by atoms with Gasteiger partial charge in [-0.2, -0.15) is 0 Å². The van der Waals surface area contributed by atoms with E-state index >= 15 is 0 Å². The molecule has 0 saturated heterocycles. The van der Waals surface area contributed by atoms with Gasteiger partial charge in [0.1, 0.15) is 5.75 Å². The van der Waals surface area contributed by atoms with Gasteiger partial charge in [0.05, 0.1) is 6.10 Å². The number of aliphatic hydroxyl groups excluding tert-OH is 1. The number of hydrogen-bond donors (Lipinski definition) is 3. The van der Waals surface area contributed by atoms with Gasteiger partial charge in [-0.3, -0.25) is 0 Å². The first-order chi connectivity index (χ1) is 4.20. The predicted octanol–water partition coefficient (Wildman–Crippen LogP) is 0.774.